The van der Waals surface area contributed by atoms with Crippen molar-refractivity contribution in [2.75, 3.05) is 81.0 Å². The zero-order chi connectivity index (χ0) is 77.5. The van der Waals surface area contributed by atoms with Gasteiger partial charge in [-0.15, -0.1) is 12.4 Å². The summed E-state index contributed by atoms with van der Waals surface area (Å²) in [6, 6.07) is 17.2. The molecular weight excluding hydrogens is 1540 g/mol. The SMILES string of the molecule is CN(C)C(OC(C)(C)C)N(C)C.Cl.O=C1CC2COCC(C1)N2.O=C1CC2COCC(C1)N2S(=O)(=O)c1ccccc1[N+](=O)[O-].O=C1c2[nH]ncc2C2COCC1N2S(=O)(=O)c1ccccc1[N+](=O)[O-].O=[N+]([O-])c1ccccc1S(=O)(=O)Cl.O=[N+]([O-])c1ccccc1S(=O)(=O)N1C2COCC1c1cn[nH]c1C2. The minimum absolute atomic E-state index is 0. The molecule has 6 aromatic rings. The number of benzene rings is 4. The molecule has 0 aliphatic carbocycles. The third kappa shape index (κ3) is 19.5. The molecule has 44 heteroatoms. The summed E-state index contributed by atoms with van der Waals surface area (Å²) in [6.45, 7) is 8.23. The van der Waals surface area contributed by atoms with Gasteiger partial charge in [-0.05, 0) is 73.2 Å². The van der Waals surface area contributed by atoms with E-state index in [-0.39, 0.29) is 98.1 Å². The van der Waals surface area contributed by atoms with Crippen LogP contribution in [0.1, 0.15) is 85.8 Å². The first-order valence-electron chi connectivity index (χ1n) is 32.5. The molecule has 8 aliphatic rings. The van der Waals surface area contributed by atoms with Crippen LogP contribution in [0.15, 0.2) is 129 Å². The van der Waals surface area contributed by atoms with Crippen LogP contribution in [-0.2, 0) is 78.8 Å². The van der Waals surface area contributed by atoms with E-state index in [1.165, 1.54) is 87.6 Å². The Balaban J connectivity index is 0.000000167. The van der Waals surface area contributed by atoms with Crippen molar-refractivity contribution >= 4 is 102 Å². The van der Waals surface area contributed by atoms with Crippen LogP contribution in [0.25, 0.3) is 0 Å². The second-order valence-corrected chi connectivity index (χ2v) is 34.5. The van der Waals surface area contributed by atoms with Gasteiger partial charge in [0.05, 0.1) is 121 Å². The molecule has 6 saturated heterocycles. The smallest absolute Gasteiger partial charge is 0.289 e. The molecule has 2 aromatic heterocycles. The number of sulfonamides is 3. The van der Waals surface area contributed by atoms with Gasteiger partial charge in [0.1, 0.15) is 23.3 Å². The fourth-order valence-electron chi connectivity index (χ4n) is 13.1. The Labute approximate surface area is 624 Å². The van der Waals surface area contributed by atoms with Crippen molar-refractivity contribution in [1.29, 1.82) is 0 Å². The van der Waals surface area contributed by atoms with Crippen LogP contribution in [0.2, 0.25) is 0 Å². The molecule has 107 heavy (non-hydrogen) atoms. The van der Waals surface area contributed by atoms with Gasteiger partial charge < -0.3 is 29.0 Å². The highest BCUT2D eigenvalue weighted by molar-refractivity contribution is 8.13. The second kappa shape index (κ2) is 35.0. The van der Waals surface area contributed by atoms with Crippen LogP contribution in [0.4, 0.5) is 22.7 Å². The van der Waals surface area contributed by atoms with Crippen molar-refractivity contribution in [3.63, 3.8) is 0 Å². The number of nitro groups is 4. The van der Waals surface area contributed by atoms with Gasteiger partial charge in [-0.2, -0.15) is 23.1 Å². The Morgan fingerprint density at radius 2 is 0.850 bits per heavy atom. The van der Waals surface area contributed by atoms with Crippen molar-refractivity contribution in [2.45, 2.75) is 133 Å². The monoisotopic (exact) mass is 1610 g/mol. The first-order valence-corrected chi connectivity index (χ1v) is 39.2. The van der Waals surface area contributed by atoms with E-state index in [9.17, 15) is 88.5 Å². The van der Waals surface area contributed by atoms with E-state index in [0.717, 1.165) is 39.8 Å². The molecule has 8 atom stereocenters. The maximum atomic E-state index is 13.2. The van der Waals surface area contributed by atoms with Gasteiger partial charge in [0.15, 0.2) is 25.9 Å². The van der Waals surface area contributed by atoms with Crippen molar-refractivity contribution in [2.24, 2.45) is 0 Å². The van der Waals surface area contributed by atoms with Gasteiger partial charge in [0, 0.05) is 96.0 Å². The van der Waals surface area contributed by atoms with E-state index < -0.39 is 133 Å². The zero-order valence-corrected chi connectivity index (χ0v) is 63.3. The van der Waals surface area contributed by atoms with Crippen LogP contribution in [0.5, 0.6) is 0 Å². The number of piperidine rings is 2. The lowest BCUT2D eigenvalue weighted by molar-refractivity contribution is -0.388. The molecule has 8 aliphatic heterocycles. The van der Waals surface area contributed by atoms with Crippen LogP contribution >= 0.6 is 23.1 Å². The number of hydrogen-bond donors (Lipinski definition) is 3. The third-order valence-electron chi connectivity index (χ3n) is 17.4. The highest BCUT2D eigenvalue weighted by Crippen LogP contribution is 2.44. The molecule has 0 saturated carbocycles. The highest BCUT2D eigenvalue weighted by Gasteiger charge is 2.53. The van der Waals surface area contributed by atoms with Crippen molar-refractivity contribution in [1.82, 2.24) is 48.4 Å². The van der Waals surface area contributed by atoms with E-state index >= 15 is 0 Å². The summed E-state index contributed by atoms with van der Waals surface area (Å²) in [6.07, 6.45) is 4.94. The topological polar surface area (TPSA) is 492 Å². The first-order chi connectivity index (χ1) is 49.8. The molecule has 6 fully saturated rings. The molecule has 8 unspecified atom stereocenters. The molecule has 4 aromatic carbocycles. The van der Waals surface area contributed by atoms with Gasteiger partial charge >= 0.3 is 0 Å². The normalized spacial score (nSPS) is 22.7. The average Bonchev–Trinajstić information content (AvgIpc) is 1.72. The molecule has 38 nitrogen and oxygen atoms in total. The van der Waals surface area contributed by atoms with Crippen LogP contribution < -0.4 is 5.32 Å². The maximum Gasteiger partial charge on any atom is 0.289 e. The number of halogens is 2. The minimum Gasteiger partial charge on any atom is -0.378 e. The Morgan fingerprint density at radius 1 is 0.495 bits per heavy atom. The van der Waals surface area contributed by atoms with Gasteiger partial charge in [-0.1, -0.05) is 48.5 Å². The fourth-order valence-corrected chi connectivity index (χ4v) is 19.9. The highest BCUT2D eigenvalue weighted by atomic mass is 35.7. The van der Waals surface area contributed by atoms with Gasteiger partial charge in [-0.25, -0.2) is 33.7 Å². The number of Topliss-reactive ketones (excluding diaryl/α,β-unsaturated/α-hetero) is 3. The number of rotatable bonds is 14. The lowest BCUT2D eigenvalue weighted by Gasteiger charge is -2.43. The summed E-state index contributed by atoms with van der Waals surface area (Å²) in [7, 11) is -3.44. The van der Waals surface area contributed by atoms with Gasteiger partial charge in [-0.3, -0.25) is 74.8 Å². The summed E-state index contributed by atoms with van der Waals surface area (Å²) in [5, 5.41) is 60.5. The predicted molar refractivity (Wildman–Crippen MR) is 380 cm³/mol. The summed E-state index contributed by atoms with van der Waals surface area (Å²) in [5.74, 6) is -0.0880. The number of nitro benzene ring substituents is 4. The van der Waals surface area contributed by atoms with Crippen molar-refractivity contribution in [3.8, 4) is 0 Å². The maximum absolute atomic E-state index is 13.2. The quantitative estimate of drug-likeness (QED) is 0.0544. The minimum atomic E-state index is -4.30. The number of hydrogen-bond acceptors (Lipinski definition) is 29. The second-order valence-electron chi connectivity index (χ2n) is 26.5. The molecule has 8 bridgehead atoms. The largest absolute Gasteiger partial charge is 0.378 e. The number of nitrogens with zero attached hydrogens (tertiary/aromatic N) is 11. The summed E-state index contributed by atoms with van der Waals surface area (Å²) < 4.78 is 131. The molecule has 582 valence electrons. The molecule has 3 N–H and O–H groups in total. The molecule has 10 heterocycles. The standard InChI is InChI=1S/C14H12N4O6S.C14H14N4O5S.C13H14N2O6S.C9H22N2O.C7H11NO2.C6H4ClNO4S.ClH/c19-14-11-7-24-6-10(8-5-15-16-13(8)14)17(11)25(22,23)12-4-2-1-3-9(12)18(20)21;19-18(20)12-3-1-2-4-14(12)24(21,22)17-9-5-11-10(6-15-16-11)13(17)8-23-7-9;16-11-5-9-7-21-8-10(6-11)14(9)22(19,20)13-4-2-1-3-12(13)15(17)18;1-9(2,3)12-8(10(4)5)11(6)7;9-7-1-5-3-10-4-6(2-7)8-5;7-13(11,12)6-4-2-1-3-5(6)8(9)10;/h1-5,10-11H,6-7H2,(H,15,16);1-4,6,9,13H,5,7-8H2,(H,15,16);1-4,9-10H,5-8H2;8H,1-7H3;5-6,8H,1-4H2;1-4H;1H. The van der Waals surface area contributed by atoms with E-state index in [0.29, 0.717) is 55.9 Å². The summed E-state index contributed by atoms with van der Waals surface area (Å²) >= 11 is 0. The summed E-state index contributed by atoms with van der Waals surface area (Å²) in [4.78, 5) is 78.8. The number of nitrogens with one attached hydrogen (secondary N) is 3. The van der Waals surface area contributed by atoms with Crippen molar-refractivity contribution in [3.05, 3.63) is 172 Å². The number of ether oxygens (including phenoxy) is 5. The average molecular weight is 1610 g/mol. The lowest BCUT2D eigenvalue weighted by atomic mass is 9.94. The third-order valence-corrected chi connectivity index (χ3v) is 24.8. The van der Waals surface area contributed by atoms with Crippen LogP contribution in [0, 0.1) is 40.5 Å². The molecule has 14 rings (SSSR count). The summed E-state index contributed by atoms with van der Waals surface area (Å²) in [5.41, 5.74) is 0.280. The van der Waals surface area contributed by atoms with E-state index in [1.807, 2.05) is 38.0 Å². The Kier molecular flexibility index (Phi) is 27.7. The Hall–Kier alpha value is -8.15. The lowest BCUT2D eigenvalue weighted by Crippen LogP contribution is -2.59. The number of para-hydroxylation sites is 4. The number of aromatic nitrogens is 4. The van der Waals surface area contributed by atoms with Gasteiger partial charge in [0.25, 0.3) is 61.9 Å². The fraction of sp³-hybridized carbons (Fsp3) is 0.476. The van der Waals surface area contributed by atoms with E-state index in [1.54, 1.807) is 6.20 Å². The van der Waals surface area contributed by atoms with Gasteiger partial charge in [0.2, 0.25) is 5.78 Å². The number of carbonyl (C=O) groups is 3. The Morgan fingerprint density at radius 3 is 1.28 bits per heavy atom. The number of H-pyrrole nitrogens is 2. The number of carbonyl (C=O) groups excluding carboxylic acids is 3. The van der Waals surface area contributed by atoms with Crippen LogP contribution in [0.3, 0.4) is 0 Å². The molecule has 0 spiro atoms. The number of morpholine rings is 4. The van der Waals surface area contributed by atoms with Crippen molar-refractivity contribution < 1.29 is 91.4 Å². The number of fused-ring (bicyclic) bond motifs is 12. The Bertz CT molecular complexity index is 4720. The number of aromatic amines is 2. The number of ketones is 3. The van der Waals surface area contributed by atoms with Crippen LogP contribution in [-0.4, -0.2) is 243 Å². The van der Waals surface area contributed by atoms with E-state index in [2.05, 4.69) is 46.5 Å². The zero-order valence-electron chi connectivity index (χ0n) is 58.4. The molecular formula is C63H78Cl2N14O24S4. The first kappa shape index (κ1) is 84.5. The predicted octanol–water partition coefficient (Wildman–Crippen LogP) is 5.22. The molecule has 0 amide bonds. The molecule has 0 radical (unpaired) electrons. The van der Waals surface area contributed by atoms with E-state index in [4.69, 9.17) is 34.4 Å².